The number of hydrogen-bond donors (Lipinski definition) is 0. The molecule has 0 unspecified atom stereocenters. The van der Waals surface area contributed by atoms with Gasteiger partial charge in [-0.05, 0) is 36.8 Å². The molecule has 3 heterocycles. The van der Waals surface area contributed by atoms with E-state index < -0.39 is 10.0 Å². The third-order valence-corrected chi connectivity index (χ3v) is 7.12. The minimum absolute atomic E-state index is 0.0454. The highest BCUT2D eigenvalue weighted by molar-refractivity contribution is 7.93. The summed E-state index contributed by atoms with van der Waals surface area (Å²) in [6, 6.07) is 12.9. The molecule has 0 spiro atoms. The first-order valence-corrected chi connectivity index (χ1v) is 11.2. The average Bonchev–Trinajstić information content (AvgIpc) is 3.08. The number of pyridine rings is 1. The van der Waals surface area contributed by atoms with Crippen molar-refractivity contribution >= 4 is 21.6 Å². The van der Waals surface area contributed by atoms with Crippen molar-refractivity contribution in [3.63, 3.8) is 0 Å². The Bertz CT molecular complexity index is 941. The van der Waals surface area contributed by atoms with E-state index in [2.05, 4.69) is 9.88 Å². The number of hydrogen-bond acceptors (Lipinski definition) is 5. The number of amides is 1. The normalized spacial score (nSPS) is 19.7. The average molecular weight is 401 g/mol. The Hall–Kier alpha value is -2.45. The van der Waals surface area contributed by atoms with Gasteiger partial charge in [-0.3, -0.25) is 19.0 Å². The standard InChI is InChI=1S/C20H24N4O3S/c25-20(17-5-3-7-19(15-17)24-9-4-14-28(24,26)27)23-12-10-22(11-13-23)16-18-6-1-2-8-21-18/h1-3,5-8,15H,4,9-14,16H2. The number of aromatic nitrogens is 1. The summed E-state index contributed by atoms with van der Waals surface area (Å²) in [5, 5.41) is 0. The van der Waals surface area contributed by atoms with E-state index >= 15 is 0 Å². The van der Waals surface area contributed by atoms with E-state index in [1.165, 1.54) is 4.31 Å². The Balaban J connectivity index is 1.40. The molecular weight excluding hydrogens is 376 g/mol. The van der Waals surface area contributed by atoms with Crippen LogP contribution in [0.3, 0.4) is 0 Å². The summed E-state index contributed by atoms with van der Waals surface area (Å²) in [4.78, 5) is 21.4. The molecule has 1 amide bonds. The molecule has 2 aliphatic rings. The van der Waals surface area contributed by atoms with Crippen LogP contribution in [0.15, 0.2) is 48.7 Å². The van der Waals surface area contributed by atoms with Gasteiger partial charge in [0, 0.05) is 51.0 Å². The number of carbonyl (C=O) groups is 1. The van der Waals surface area contributed by atoms with Crippen LogP contribution in [-0.2, 0) is 16.6 Å². The van der Waals surface area contributed by atoms with Crippen LogP contribution < -0.4 is 4.31 Å². The summed E-state index contributed by atoms with van der Waals surface area (Å²) in [5.41, 5.74) is 2.15. The maximum absolute atomic E-state index is 12.9. The van der Waals surface area contributed by atoms with E-state index in [1.807, 2.05) is 23.1 Å². The zero-order valence-corrected chi connectivity index (χ0v) is 16.5. The number of rotatable bonds is 4. The van der Waals surface area contributed by atoms with E-state index in [0.29, 0.717) is 37.3 Å². The van der Waals surface area contributed by atoms with Crippen LogP contribution in [0.5, 0.6) is 0 Å². The lowest BCUT2D eigenvalue weighted by atomic mass is 10.1. The van der Waals surface area contributed by atoms with E-state index in [-0.39, 0.29) is 11.7 Å². The van der Waals surface area contributed by atoms with Crippen molar-refractivity contribution in [3.05, 3.63) is 59.9 Å². The quantitative estimate of drug-likeness (QED) is 0.779. The molecule has 0 atom stereocenters. The van der Waals surface area contributed by atoms with Gasteiger partial charge >= 0.3 is 0 Å². The lowest BCUT2D eigenvalue weighted by Crippen LogP contribution is -2.48. The third-order valence-electron chi connectivity index (χ3n) is 5.25. The molecule has 0 radical (unpaired) electrons. The molecule has 1 aromatic carbocycles. The summed E-state index contributed by atoms with van der Waals surface area (Å²) < 4.78 is 25.7. The highest BCUT2D eigenvalue weighted by atomic mass is 32.2. The summed E-state index contributed by atoms with van der Waals surface area (Å²) >= 11 is 0. The van der Waals surface area contributed by atoms with Crippen molar-refractivity contribution in [2.75, 3.05) is 42.8 Å². The second kappa shape index (κ2) is 7.89. The molecule has 148 valence electrons. The van der Waals surface area contributed by atoms with Gasteiger partial charge in [0.25, 0.3) is 5.91 Å². The van der Waals surface area contributed by atoms with Crippen molar-refractivity contribution in [3.8, 4) is 0 Å². The van der Waals surface area contributed by atoms with Crippen molar-refractivity contribution < 1.29 is 13.2 Å². The monoisotopic (exact) mass is 400 g/mol. The number of benzene rings is 1. The summed E-state index contributed by atoms with van der Waals surface area (Å²) in [6.45, 7) is 4.15. The van der Waals surface area contributed by atoms with Gasteiger partial charge in [-0.15, -0.1) is 0 Å². The summed E-state index contributed by atoms with van der Waals surface area (Å²) in [6.07, 6.45) is 2.42. The van der Waals surface area contributed by atoms with Gasteiger partial charge in [0.2, 0.25) is 10.0 Å². The molecule has 2 saturated heterocycles. The van der Waals surface area contributed by atoms with Crippen molar-refractivity contribution in [1.29, 1.82) is 0 Å². The topological polar surface area (TPSA) is 73.8 Å². The molecule has 28 heavy (non-hydrogen) atoms. The van der Waals surface area contributed by atoms with Crippen LogP contribution in [0.25, 0.3) is 0 Å². The lowest BCUT2D eigenvalue weighted by molar-refractivity contribution is 0.0627. The summed E-state index contributed by atoms with van der Waals surface area (Å²) in [5.74, 6) is 0.125. The van der Waals surface area contributed by atoms with E-state index in [4.69, 9.17) is 0 Å². The Kier molecular flexibility index (Phi) is 5.32. The minimum atomic E-state index is -3.25. The fourth-order valence-corrected chi connectivity index (χ4v) is 5.29. The van der Waals surface area contributed by atoms with Crippen LogP contribution in [0, 0.1) is 0 Å². The highest BCUT2D eigenvalue weighted by Crippen LogP contribution is 2.25. The third kappa shape index (κ3) is 4.02. The second-order valence-corrected chi connectivity index (χ2v) is 9.19. The number of piperazine rings is 1. The summed E-state index contributed by atoms with van der Waals surface area (Å²) in [7, 11) is -3.25. The van der Waals surface area contributed by atoms with E-state index in [9.17, 15) is 13.2 Å². The van der Waals surface area contributed by atoms with Gasteiger partial charge < -0.3 is 4.90 Å². The predicted molar refractivity (Wildman–Crippen MR) is 108 cm³/mol. The molecular formula is C20H24N4O3S. The molecule has 2 aromatic rings. The minimum Gasteiger partial charge on any atom is -0.336 e. The zero-order valence-electron chi connectivity index (χ0n) is 15.7. The first kappa shape index (κ1) is 18.9. The molecule has 2 fully saturated rings. The first-order valence-electron chi connectivity index (χ1n) is 9.55. The number of carbonyl (C=O) groups excluding carboxylic acids is 1. The fraction of sp³-hybridized carbons (Fsp3) is 0.400. The van der Waals surface area contributed by atoms with E-state index in [1.54, 1.807) is 30.5 Å². The van der Waals surface area contributed by atoms with Crippen LogP contribution in [0.2, 0.25) is 0 Å². The van der Waals surface area contributed by atoms with Crippen LogP contribution in [0.1, 0.15) is 22.5 Å². The number of nitrogens with zero attached hydrogens (tertiary/aromatic N) is 4. The Morgan fingerprint density at radius 3 is 2.50 bits per heavy atom. The SMILES string of the molecule is O=C(c1cccc(N2CCCS2(=O)=O)c1)N1CCN(Cc2ccccn2)CC1. The van der Waals surface area contributed by atoms with Crippen LogP contribution in [0.4, 0.5) is 5.69 Å². The Morgan fingerprint density at radius 2 is 1.82 bits per heavy atom. The van der Waals surface area contributed by atoms with Crippen molar-refractivity contribution in [2.45, 2.75) is 13.0 Å². The van der Waals surface area contributed by atoms with Gasteiger partial charge in [0.1, 0.15) is 0 Å². The van der Waals surface area contributed by atoms with E-state index in [0.717, 1.165) is 25.3 Å². The van der Waals surface area contributed by atoms with Gasteiger partial charge in [0.15, 0.2) is 0 Å². The zero-order chi connectivity index (χ0) is 19.6. The van der Waals surface area contributed by atoms with Crippen LogP contribution >= 0.6 is 0 Å². The van der Waals surface area contributed by atoms with Crippen LogP contribution in [-0.4, -0.2) is 67.6 Å². The van der Waals surface area contributed by atoms with Gasteiger partial charge in [-0.25, -0.2) is 8.42 Å². The molecule has 8 heteroatoms. The smallest absolute Gasteiger partial charge is 0.254 e. The molecule has 0 bridgehead atoms. The maximum Gasteiger partial charge on any atom is 0.254 e. The number of sulfonamides is 1. The fourth-order valence-electron chi connectivity index (χ4n) is 3.74. The molecule has 0 saturated carbocycles. The molecule has 7 nitrogen and oxygen atoms in total. The van der Waals surface area contributed by atoms with Gasteiger partial charge in [-0.2, -0.15) is 0 Å². The Morgan fingerprint density at radius 1 is 1.00 bits per heavy atom. The number of anilines is 1. The molecule has 1 aromatic heterocycles. The molecule has 0 N–H and O–H groups in total. The largest absolute Gasteiger partial charge is 0.336 e. The van der Waals surface area contributed by atoms with Gasteiger partial charge in [0.05, 0.1) is 17.1 Å². The lowest BCUT2D eigenvalue weighted by Gasteiger charge is -2.34. The molecule has 2 aliphatic heterocycles. The second-order valence-electron chi connectivity index (χ2n) is 7.18. The first-order chi connectivity index (χ1) is 13.5. The Labute approximate surface area is 165 Å². The van der Waals surface area contributed by atoms with Crippen molar-refractivity contribution in [1.82, 2.24) is 14.8 Å². The molecule has 0 aliphatic carbocycles. The molecule has 4 rings (SSSR count). The van der Waals surface area contributed by atoms with Gasteiger partial charge in [-0.1, -0.05) is 12.1 Å². The van der Waals surface area contributed by atoms with Crippen molar-refractivity contribution in [2.24, 2.45) is 0 Å². The highest BCUT2D eigenvalue weighted by Gasteiger charge is 2.29. The predicted octanol–water partition coefficient (Wildman–Crippen LogP) is 1.58. The maximum atomic E-state index is 12.9.